The van der Waals surface area contributed by atoms with E-state index in [1.165, 1.54) is 0 Å². The second-order valence-corrected chi connectivity index (χ2v) is 9.82. The molecule has 0 saturated carbocycles. The predicted molar refractivity (Wildman–Crippen MR) is 149 cm³/mol. The average molecular weight is 572 g/mol. The first-order valence-corrected chi connectivity index (χ1v) is 12.7. The van der Waals surface area contributed by atoms with Gasteiger partial charge in [-0.25, -0.2) is 0 Å². The van der Waals surface area contributed by atoms with Crippen LogP contribution in [0.15, 0.2) is 71.2 Å². The SMILES string of the molecule is Cc1ccccc1C(=O)N1CCN(c2ccc(NC(=S)NC(=O)c3ccccc3Br)cc2Cl)CC1. The number of carbonyl (C=O) groups is 2. The summed E-state index contributed by atoms with van der Waals surface area (Å²) in [6.45, 7) is 4.56. The van der Waals surface area contributed by atoms with Gasteiger partial charge < -0.3 is 15.1 Å². The first-order chi connectivity index (χ1) is 16.8. The van der Waals surface area contributed by atoms with Crippen LogP contribution in [0.5, 0.6) is 0 Å². The largest absolute Gasteiger partial charge is 0.367 e. The first kappa shape index (κ1) is 25.2. The summed E-state index contributed by atoms with van der Waals surface area (Å²) in [7, 11) is 0. The van der Waals surface area contributed by atoms with E-state index in [0.717, 1.165) is 16.8 Å². The van der Waals surface area contributed by atoms with E-state index in [1.54, 1.807) is 24.3 Å². The number of halogens is 2. The van der Waals surface area contributed by atoms with Crippen molar-refractivity contribution >= 4 is 68.1 Å². The molecule has 0 aromatic heterocycles. The Bertz CT molecular complexity index is 1280. The van der Waals surface area contributed by atoms with Gasteiger partial charge in [0.2, 0.25) is 0 Å². The fraction of sp³-hybridized carbons (Fsp3) is 0.192. The van der Waals surface area contributed by atoms with E-state index in [2.05, 4.69) is 31.5 Å². The van der Waals surface area contributed by atoms with Gasteiger partial charge in [0.25, 0.3) is 11.8 Å². The molecule has 0 aliphatic carbocycles. The lowest BCUT2D eigenvalue weighted by atomic mass is 10.1. The van der Waals surface area contributed by atoms with Crippen LogP contribution < -0.4 is 15.5 Å². The molecule has 2 N–H and O–H groups in total. The number of piperazine rings is 1. The fourth-order valence-corrected chi connectivity index (χ4v) is 4.93. The second kappa shape index (κ2) is 11.2. The van der Waals surface area contributed by atoms with E-state index in [4.69, 9.17) is 23.8 Å². The lowest BCUT2D eigenvalue weighted by Gasteiger charge is -2.36. The molecule has 0 radical (unpaired) electrons. The Labute approximate surface area is 223 Å². The van der Waals surface area contributed by atoms with E-state index in [9.17, 15) is 9.59 Å². The molecule has 4 rings (SSSR count). The van der Waals surface area contributed by atoms with Crippen LogP contribution in [0, 0.1) is 6.92 Å². The number of anilines is 2. The summed E-state index contributed by atoms with van der Waals surface area (Å²) in [5, 5.41) is 6.43. The first-order valence-electron chi connectivity index (χ1n) is 11.1. The molecule has 0 atom stereocenters. The number of hydrogen-bond acceptors (Lipinski definition) is 4. The van der Waals surface area contributed by atoms with Crippen molar-refractivity contribution in [1.29, 1.82) is 0 Å². The van der Waals surface area contributed by atoms with Crippen molar-refractivity contribution in [3.8, 4) is 0 Å². The monoisotopic (exact) mass is 570 g/mol. The zero-order chi connectivity index (χ0) is 24.9. The number of carbonyl (C=O) groups excluding carboxylic acids is 2. The van der Waals surface area contributed by atoms with Gasteiger partial charge in [-0.1, -0.05) is 41.9 Å². The Hall–Kier alpha value is -2.94. The summed E-state index contributed by atoms with van der Waals surface area (Å²) < 4.78 is 0.688. The van der Waals surface area contributed by atoms with Crippen molar-refractivity contribution in [1.82, 2.24) is 10.2 Å². The van der Waals surface area contributed by atoms with Gasteiger partial charge in [-0.15, -0.1) is 0 Å². The molecule has 0 spiro atoms. The third-order valence-corrected chi connectivity index (χ3v) is 7.03. The molecule has 0 bridgehead atoms. The molecule has 1 aliphatic heterocycles. The molecule has 9 heteroatoms. The predicted octanol–water partition coefficient (Wildman–Crippen LogP) is 5.50. The summed E-state index contributed by atoms with van der Waals surface area (Å²) in [6, 6.07) is 20.3. The number of nitrogens with zero attached hydrogens (tertiary/aromatic N) is 2. The lowest BCUT2D eigenvalue weighted by Crippen LogP contribution is -2.49. The molecule has 1 aliphatic rings. The minimum absolute atomic E-state index is 0.0616. The minimum atomic E-state index is -0.309. The van der Waals surface area contributed by atoms with Gasteiger partial charge >= 0.3 is 0 Å². The smallest absolute Gasteiger partial charge is 0.258 e. The molecule has 1 heterocycles. The third kappa shape index (κ3) is 6.01. The molecule has 180 valence electrons. The third-order valence-electron chi connectivity index (χ3n) is 5.83. The van der Waals surface area contributed by atoms with Gasteiger partial charge in [0.05, 0.1) is 16.3 Å². The number of rotatable bonds is 4. The van der Waals surface area contributed by atoms with E-state index >= 15 is 0 Å². The Morgan fingerprint density at radius 1 is 0.943 bits per heavy atom. The number of amides is 2. The quantitative estimate of drug-likeness (QED) is 0.405. The van der Waals surface area contributed by atoms with Crippen molar-refractivity contribution in [2.24, 2.45) is 0 Å². The van der Waals surface area contributed by atoms with Crippen molar-refractivity contribution < 1.29 is 9.59 Å². The molecule has 0 unspecified atom stereocenters. The normalized spacial score (nSPS) is 13.3. The number of thiocarbonyl (C=S) groups is 1. The van der Waals surface area contributed by atoms with E-state index < -0.39 is 0 Å². The molecule has 3 aromatic rings. The highest BCUT2D eigenvalue weighted by Crippen LogP contribution is 2.30. The molecule has 1 fully saturated rings. The van der Waals surface area contributed by atoms with Crippen LogP contribution in [0.3, 0.4) is 0 Å². The average Bonchev–Trinajstić information content (AvgIpc) is 2.84. The summed E-state index contributed by atoms with van der Waals surface area (Å²) in [4.78, 5) is 29.4. The van der Waals surface area contributed by atoms with Crippen molar-refractivity contribution in [3.05, 3.63) is 92.9 Å². The zero-order valence-electron chi connectivity index (χ0n) is 19.1. The molecule has 6 nitrogen and oxygen atoms in total. The summed E-state index contributed by atoms with van der Waals surface area (Å²) in [6.07, 6.45) is 0. The Morgan fingerprint density at radius 3 is 2.26 bits per heavy atom. The van der Waals surface area contributed by atoms with Crippen LogP contribution in [-0.2, 0) is 0 Å². The van der Waals surface area contributed by atoms with Crippen molar-refractivity contribution in [2.75, 3.05) is 36.4 Å². The van der Waals surface area contributed by atoms with Gasteiger partial charge in [-0.05, 0) is 77.0 Å². The summed E-state index contributed by atoms with van der Waals surface area (Å²) >= 11 is 15.2. The lowest BCUT2D eigenvalue weighted by molar-refractivity contribution is 0.0746. The van der Waals surface area contributed by atoms with E-state index in [-0.39, 0.29) is 16.9 Å². The van der Waals surface area contributed by atoms with Gasteiger partial charge in [-0.2, -0.15) is 0 Å². The molecular weight excluding hydrogens is 548 g/mol. The van der Waals surface area contributed by atoms with Crippen LogP contribution >= 0.6 is 39.7 Å². The van der Waals surface area contributed by atoms with E-state index in [0.29, 0.717) is 46.9 Å². The van der Waals surface area contributed by atoms with E-state index in [1.807, 2.05) is 54.3 Å². The molecule has 3 aromatic carbocycles. The number of benzene rings is 3. The Morgan fingerprint density at radius 2 is 1.60 bits per heavy atom. The molecular formula is C26H24BrClN4O2S. The minimum Gasteiger partial charge on any atom is -0.367 e. The molecule has 2 amide bonds. The van der Waals surface area contributed by atoms with Crippen molar-refractivity contribution in [2.45, 2.75) is 6.92 Å². The van der Waals surface area contributed by atoms with Crippen LogP contribution in [0.25, 0.3) is 0 Å². The highest BCUT2D eigenvalue weighted by molar-refractivity contribution is 9.10. The number of hydrogen-bond donors (Lipinski definition) is 2. The standard InChI is InChI=1S/C26H24BrClN4O2S/c1-17-6-2-3-7-19(17)25(34)32-14-12-31(13-15-32)23-11-10-18(16-22(23)28)29-26(35)30-24(33)20-8-4-5-9-21(20)27/h2-11,16H,12-15H2,1H3,(H2,29,30,33,35). The highest BCUT2D eigenvalue weighted by Gasteiger charge is 2.24. The van der Waals surface area contributed by atoms with Crippen LogP contribution in [0.1, 0.15) is 26.3 Å². The Balaban J connectivity index is 1.34. The second-order valence-electron chi connectivity index (χ2n) is 8.15. The zero-order valence-corrected chi connectivity index (χ0v) is 22.2. The maximum absolute atomic E-state index is 12.9. The maximum atomic E-state index is 12.9. The summed E-state index contributed by atoms with van der Waals surface area (Å²) in [5.74, 6) is -0.248. The van der Waals surface area contributed by atoms with Crippen LogP contribution in [0.4, 0.5) is 11.4 Å². The maximum Gasteiger partial charge on any atom is 0.258 e. The molecule has 1 saturated heterocycles. The van der Waals surface area contributed by atoms with Crippen LogP contribution in [0.2, 0.25) is 5.02 Å². The molecule has 35 heavy (non-hydrogen) atoms. The highest BCUT2D eigenvalue weighted by atomic mass is 79.9. The number of aryl methyl sites for hydroxylation is 1. The topological polar surface area (TPSA) is 64.7 Å². The van der Waals surface area contributed by atoms with Gasteiger partial charge in [0.1, 0.15) is 0 Å². The number of nitrogens with one attached hydrogen (secondary N) is 2. The summed E-state index contributed by atoms with van der Waals surface area (Å²) in [5.41, 5.74) is 3.78. The van der Waals surface area contributed by atoms with Crippen LogP contribution in [-0.4, -0.2) is 48.0 Å². The van der Waals surface area contributed by atoms with Gasteiger partial charge in [0.15, 0.2) is 5.11 Å². The fourth-order valence-electron chi connectivity index (χ4n) is 3.95. The Kier molecular flexibility index (Phi) is 8.05. The van der Waals surface area contributed by atoms with Gasteiger partial charge in [-0.3, -0.25) is 14.9 Å². The van der Waals surface area contributed by atoms with Crippen molar-refractivity contribution in [3.63, 3.8) is 0 Å². The van der Waals surface area contributed by atoms with Gasteiger partial charge in [0, 0.05) is 41.9 Å².